The van der Waals surface area contributed by atoms with E-state index < -0.39 is 0 Å². The number of rotatable bonds is 7. The lowest BCUT2D eigenvalue weighted by Crippen LogP contribution is -2.35. The first kappa shape index (κ1) is 18.4. The number of carbonyl (C=O) groups excluding carboxylic acids is 1. The van der Waals surface area contributed by atoms with E-state index in [4.69, 9.17) is 9.40 Å². The summed E-state index contributed by atoms with van der Waals surface area (Å²) in [5, 5.41) is 5.37. The van der Waals surface area contributed by atoms with Gasteiger partial charge in [0.15, 0.2) is 5.65 Å². The van der Waals surface area contributed by atoms with Crippen LogP contribution in [0.25, 0.3) is 22.3 Å². The molecule has 0 atom stereocenters. The zero-order valence-corrected chi connectivity index (χ0v) is 17.3. The molecular weight excluding hydrogens is 388 g/mol. The molecule has 2 saturated carbocycles. The largest absolute Gasteiger partial charge is 0.467 e. The van der Waals surface area contributed by atoms with Gasteiger partial charge in [0.05, 0.1) is 29.1 Å². The predicted molar refractivity (Wildman–Crippen MR) is 118 cm³/mol. The van der Waals surface area contributed by atoms with Crippen molar-refractivity contribution in [1.29, 1.82) is 0 Å². The third kappa shape index (κ3) is 3.63. The maximum Gasteiger partial charge on any atom is 0.254 e. The quantitative estimate of drug-likeness (QED) is 0.439. The summed E-state index contributed by atoms with van der Waals surface area (Å²) in [6.45, 7) is 1.35. The van der Waals surface area contributed by atoms with Crippen LogP contribution in [0.5, 0.6) is 0 Å². The SMILES string of the molecule is O=C(c1cc(-c2ccccc2)nc2c1cnn2Cc1ccco1)N(CC1CC1)C1CC1. The second-order valence-electron chi connectivity index (χ2n) is 8.67. The highest BCUT2D eigenvalue weighted by atomic mass is 16.3. The molecule has 3 heterocycles. The summed E-state index contributed by atoms with van der Waals surface area (Å²) >= 11 is 0. The lowest BCUT2D eigenvalue weighted by atomic mass is 10.1. The van der Waals surface area contributed by atoms with Crippen LogP contribution in [0.15, 0.2) is 65.4 Å². The molecule has 2 aliphatic carbocycles. The van der Waals surface area contributed by atoms with Crippen molar-refractivity contribution < 1.29 is 9.21 Å². The van der Waals surface area contributed by atoms with E-state index in [9.17, 15) is 4.79 Å². The van der Waals surface area contributed by atoms with Crippen LogP contribution in [0.1, 0.15) is 41.8 Å². The summed E-state index contributed by atoms with van der Waals surface area (Å²) < 4.78 is 7.33. The molecule has 1 amide bonds. The number of carbonyl (C=O) groups is 1. The number of fused-ring (bicyclic) bond motifs is 1. The third-order valence-corrected chi connectivity index (χ3v) is 6.20. The van der Waals surface area contributed by atoms with Gasteiger partial charge in [-0.1, -0.05) is 30.3 Å². The van der Waals surface area contributed by atoms with E-state index in [0.717, 1.165) is 41.8 Å². The molecule has 3 aromatic heterocycles. The van der Waals surface area contributed by atoms with E-state index >= 15 is 0 Å². The van der Waals surface area contributed by atoms with Gasteiger partial charge in [-0.25, -0.2) is 9.67 Å². The lowest BCUT2D eigenvalue weighted by molar-refractivity contribution is 0.0737. The molecule has 6 rings (SSSR count). The van der Waals surface area contributed by atoms with Gasteiger partial charge in [0.25, 0.3) is 5.91 Å². The molecule has 2 aliphatic rings. The van der Waals surface area contributed by atoms with Crippen LogP contribution < -0.4 is 0 Å². The van der Waals surface area contributed by atoms with Gasteiger partial charge in [-0.3, -0.25) is 4.79 Å². The smallest absolute Gasteiger partial charge is 0.254 e. The highest BCUT2D eigenvalue weighted by Gasteiger charge is 2.37. The summed E-state index contributed by atoms with van der Waals surface area (Å²) in [5.41, 5.74) is 3.19. The zero-order chi connectivity index (χ0) is 20.8. The molecule has 1 aromatic carbocycles. The first-order valence-corrected chi connectivity index (χ1v) is 11.0. The average molecular weight is 412 g/mol. The standard InChI is InChI=1S/C25H24N4O2/c30-25(28(19-10-11-19)15-17-8-9-17)21-13-23(18-5-2-1-3-6-18)27-24-22(21)14-26-29(24)16-20-7-4-12-31-20/h1-7,12-14,17,19H,8-11,15-16H2. The molecule has 0 N–H and O–H groups in total. The first-order valence-electron chi connectivity index (χ1n) is 11.0. The van der Waals surface area contributed by atoms with E-state index in [1.54, 1.807) is 12.5 Å². The second-order valence-corrected chi connectivity index (χ2v) is 8.67. The molecule has 0 aliphatic heterocycles. The molecule has 6 heteroatoms. The topological polar surface area (TPSA) is 64.2 Å². The number of hydrogen-bond acceptors (Lipinski definition) is 4. The highest BCUT2D eigenvalue weighted by Crippen LogP contribution is 2.37. The van der Waals surface area contributed by atoms with Gasteiger partial charge in [-0.15, -0.1) is 0 Å². The minimum absolute atomic E-state index is 0.108. The maximum atomic E-state index is 13.8. The van der Waals surface area contributed by atoms with Crippen molar-refractivity contribution in [2.75, 3.05) is 6.54 Å². The van der Waals surface area contributed by atoms with Crippen molar-refractivity contribution in [2.45, 2.75) is 38.3 Å². The average Bonchev–Trinajstić information content (AvgIpc) is 3.72. The summed E-state index contributed by atoms with van der Waals surface area (Å²) in [6.07, 6.45) is 8.11. The molecule has 0 bridgehead atoms. The number of benzene rings is 1. The van der Waals surface area contributed by atoms with E-state index in [1.807, 2.05) is 53.2 Å². The van der Waals surface area contributed by atoms with Crippen molar-refractivity contribution in [1.82, 2.24) is 19.7 Å². The number of aromatic nitrogens is 3. The Hall–Kier alpha value is -3.41. The van der Waals surface area contributed by atoms with E-state index in [0.29, 0.717) is 29.7 Å². The predicted octanol–water partition coefficient (Wildman–Crippen LogP) is 4.75. The number of pyridine rings is 1. The summed E-state index contributed by atoms with van der Waals surface area (Å²) in [7, 11) is 0. The molecule has 31 heavy (non-hydrogen) atoms. The Morgan fingerprint density at radius 3 is 2.65 bits per heavy atom. The monoisotopic (exact) mass is 412 g/mol. The van der Waals surface area contributed by atoms with Crippen molar-refractivity contribution in [3.8, 4) is 11.3 Å². The number of amides is 1. The van der Waals surface area contributed by atoms with Crippen molar-refractivity contribution in [3.05, 3.63) is 72.3 Å². The van der Waals surface area contributed by atoms with E-state index in [1.165, 1.54) is 12.8 Å². The minimum Gasteiger partial charge on any atom is -0.467 e. The van der Waals surface area contributed by atoms with Crippen LogP contribution in [-0.4, -0.2) is 38.2 Å². The van der Waals surface area contributed by atoms with E-state index in [2.05, 4.69) is 10.00 Å². The van der Waals surface area contributed by atoms with Gasteiger partial charge in [-0.2, -0.15) is 5.10 Å². The normalized spacial score (nSPS) is 16.0. The van der Waals surface area contributed by atoms with Gasteiger partial charge < -0.3 is 9.32 Å². The number of furan rings is 1. The van der Waals surface area contributed by atoms with Crippen molar-refractivity contribution in [3.63, 3.8) is 0 Å². The van der Waals surface area contributed by atoms with E-state index in [-0.39, 0.29) is 5.91 Å². The Morgan fingerprint density at radius 1 is 1.10 bits per heavy atom. The summed E-state index contributed by atoms with van der Waals surface area (Å²) in [5.74, 6) is 1.58. The van der Waals surface area contributed by atoms with Crippen LogP contribution >= 0.6 is 0 Å². The zero-order valence-electron chi connectivity index (χ0n) is 17.3. The highest BCUT2D eigenvalue weighted by molar-refractivity contribution is 6.06. The first-order chi connectivity index (χ1) is 15.3. The van der Waals surface area contributed by atoms with Crippen LogP contribution in [0.4, 0.5) is 0 Å². The second kappa shape index (κ2) is 7.38. The van der Waals surface area contributed by atoms with Gasteiger partial charge in [0, 0.05) is 18.2 Å². The Kier molecular flexibility index (Phi) is 4.37. The van der Waals surface area contributed by atoms with Gasteiger partial charge >= 0.3 is 0 Å². The van der Waals surface area contributed by atoms with Crippen LogP contribution in [-0.2, 0) is 6.54 Å². The fraction of sp³-hybridized carbons (Fsp3) is 0.320. The Labute approximate surface area is 180 Å². The molecule has 0 spiro atoms. The molecule has 6 nitrogen and oxygen atoms in total. The van der Waals surface area contributed by atoms with Gasteiger partial charge in [-0.05, 0) is 49.8 Å². The Balaban J connectivity index is 1.47. The fourth-order valence-corrected chi connectivity index (χ4v) is 4.16. The maximum absolute atomic E-state index is 13.8. The number of nitrogens with zero attached hydrogens (tertiary/aromatic N) is 4. The van der Waals surface area contributed by atoms with Crippen LogP contribution in [0.2, 0.25) is 0 Å². The Bertz CT molecular complexity index is 1220. The Morgan fingerprint density at radius 2 is 1.94 bits per heavy atom. The summed E-state index contributed by atoms with van der Waals surface area (Å²) in [6, 6.07) is 16.1. The van der Waals surface area contributed by atoms with Gasteiger partial charge in [0.1, 0.15) is 12.3 Å². The fourth-order valence-electron chi connectivity index (χ4n) is 4.16. The van der Waals surface area contributed by atoms with Gasteiger partial charge in [0.2, 0.25) is 0 Å². The molecule has 0 unspecified atom stereocenters. The molecule has 0 radical (unpaired) electrons. The van der Waals surface area contributed by atoms with Crippen molar-refractivity contribution >= 4 is 16.9 Å². The number of hydrogen-bond donors (Lipinski definition) is 0. The molecule has 2 fully saturated rings. The molecule has 0 saturated heterocycles. The third-order valence-electron chi connectivity index (χ3n) is 6.20. The minimum atomic E-state index is 0.108. The molecule has 4 aromatic rings. The lowest BCUT2D eigenvalue weighted by Gasteiger charge is -2.23. The van der Waals surface area contributed by atoms with Crippen LogP contribution in [0, 0.1) is 5.92 Å². The molecule has 156 valence electrons. The molecular formula is C25H24N4O2. The van der Waals surface area contributed by atoms with Crippen LogP contribution in [0.3, 0.4) is 0 Å². The summed E-state index contributed by atoms with van der Waals surface area (Å²) in [4.78, 5) is 20.8. The van der Waals surface area contributed by atoms with Crippen molar-refractivity contribution in [2.24, 2.45) is 5.92 Å².